The quantitative estimate of drug-likeness (QED) is 0.228. The number of allylic oxidation sites excluding steroid dienone is 1. The first-order valence-corrected chi connectivity index (χ1v) is 9.29. The largest absolute Gasteiger partial charge is 0.356 e. The summed E-state index contributed by atoms with van der Waals surface area (Å²) in [7, 11) is 8.29. The number of guanidine groups is 1. The molecule has 0 bridgehead atoms. The van der Waals surface area contributed by atoms with Crippen LogP contribution in [0.25, 0.3) is 0 Å². The Bertz CT molecular complexity index is 300. The van der Waals surface area contributed by atoms with Crippen molar-refractivity contribution < 1.29 is 0 Å². The number of rotatable bonds is 14. The lowest BCUT2D eigenvalue weighted by atomic mass is 10.1. The highest BCUT2D eigenvalue weighted by molar-refractivity contribution is 5.79. The number of hydrogen-bond acceptors (Lipinski definition) is 2. The van der Waals surface area contributed by atoms with E-state index >= 15 is 0 Å². The molecular weight excluding hydrogens is 284 g/mol. The van der Waals surface area contributed by atoms with Crippen LogP contribution in [0.4, 0.5) is 0 Å². The number of hydrogen-bond donors (Lipinski definition) is 1. The average Bonchev–Trinajstić information content (AvgIpc) is 2.52. The molecule has 0 aromatic carbocycles. The van der Waals surface area contributed by atoms with E-state index in [2.05, 4.69) is 47.8 Å². The topological polar surface area (TPSA) is 30.9 Å². The minimum Gasteiger partial charge on any atom is -0.356 e. The van der Waals surface area contributed by atoms with Gasteiger partial charge in [0.05, 0.1) is 0 Å². The van der Waals surface area contributed by atoms with Gasteiger partial charge in [0, 0.05) is 27.2 Å². The lowest BCUT2D eigenvalue weighted by molar-refractivity contribution is 0.389. The summed E-state index contributed by atoms with van der Waals surface area (Å²) >= 11 is 0. The summed E-state index contributed by atoms with van der Waals surface area (Å²) < 4.78 is 0. The highest BCUT2D eigenvalue weighted by atomic mass is 15.3. The molecule has 0 aliphatic carbocycles. The SMILES string of the molecule is C=CCCCCCN(C)C(=NC)NCCCCCCCN(C)C. The van der Waals surface area contributed by atoms with Crippen molar-refractivity contribution in [1.82, 2.24) is 15.1 Å². The number of nitrogens with one attached hydrogen (secondary N) is 1. The summed E-state index contributed by atoms with van der Waals surface area (Å²) in [5.41, 5.74) is 0. The zero-order chi connectivity index (χ0) is 17.3. The van der Waals surface area contributed by atoms with Crippen molar-refractivity contribution in [1.29, 1.82) is 0 Å². The van der Waals surface area contributed by atoms with Crippen LogP contribution in [0.5, 0.6) is 0 Å². The molecule has 1 N–H and O–H groups in total. The Balaban J connectivity index is 3.59. The first-order chi connectivity index (χ1) is 11.1. The van der Waals surface area contributed by atoms with E-state index in [0.29, 0.717) is 0 Å². The highest BCUT2D eigenvalue weighted by Gasteiger charge is 2.04. The van der Waals surface area contributed by atoms with Gasteiger partial charge in [0.2, 0.25) is 0 Å². The molecule has 0 unspecified atom stereocenters. The van der Waals surface area contributed by atoms with Crippen molar-refractivity contribution in [3.8, 4) is 0 Å². The second-order valence-electron chi connectivity index (χ2n) is 6.60. The lowest BCUT2D eigenvalue weighted by Gasteiger charge is -2.22. The maximum Gasteiger partial charge on any atom is 0.193 e. The van der Waals surface area contributed by atoms with E-state index in [0.717, 1.165) is 25.5 Å². The first kappa shape index (κ1) is 22.0. The predicted molar refractivity (Wildman–Crippen MR) is 104 cm³/mol. The van der Waals surface area contributed by atoms with Crippen molar-refractivity contribution in [2.45, 2.75) is 57.8 Å². The van der Waals surface area contributed by atoms with E-state index < -0.39 is 0 Å². The Hall–Kier alpha value is -1.03. The van der Waals surface area contributed by atoms with Crippen LogP contribution in [0.2, 0.25) is 0 Å². The summed E-state index contributed by atoms with van der Waals surface area (Å²) in [6.45, 7) is 7.08. The van der Waals surface area contributed by atoms with Crippen molar-refractivity contribution in [2.24, 2.45) is 4.99 Å². The third-order valence-corrected chi connectivity index (χ3v) is 4.04. The third-order valence-electron chi connectivity index (χ3n) is 4.04. The first-order valence-electron chi connectivity index (χ1n) is 9.29. The molecule has 0 aliphatic heterocycles. The van der Waals surface area contributed by atoms with Crippen molar-refractivity contribution >= 4 is 5.96 Å². The fourth-order valence-electron chi connectivity index (χ4n) is 2.59. The Morgan fingerprint density at radius 1 is 0.913 bits per heavy atom. The van der Waals surface area contributed by atoms with Crippen LogP contribution in [-0.2, 0) is 0 Å². The van der Waals surface area contributed by atoms with Crippen LogP contribution in [0.1, 0.15) is 57.8 Å². The summed E-state index contributed by atoms with van der Waals surface area (Å²) in [4.78, 5) is 8.88. The van der Waals surface area contributed by atoms with Crippen LogP contribution in [0.3, 0.4) is 0 Å². The van der Waals surface area contributed by atoms with Crippen LogP contribution in [0.15, 0.2) is 17.6 Å². The van der Waals surface area contributed by atoms with E-state index in [1.54, 1.807) is 0 Å². The average molecular weight is 325 g/mol. The van der Waals surface area contributed by atoms with Gasteiger partial charge in [-0.3, -0.25) is 4.99 Å². The summed E-state index contributed by atoms with van der Waals surface area (Å²) in [6.07, 6.45) is 13.4. The smallest absolute Gasteiger partial charge is 0.193 e. The Labute approximate surface area is 145 Å². The van der Waals surface area contributed by atoms with Gasteiger partial charge in [0.1, 0.15) is 0 Å². The molecule has 4 nitrogen and oxygen atoms in total. The second kappa shape index (κ2) is 15.9. The van der Waals surface area contributed by atoms with Gasteiger partial charge < -0.3 is 15.1 Å². The number of unbranched alkanes of at least 4 members (excludes halogenated alkanes) is 7. The van der Waals surface area contributed by atoms with Gasteiger partial charge in [-0.2, -0.15) is 0 Å². The number of nitrogens with zero attached hydrogens (tertiary/aromatic N) is 3. The fraction of sp³-hybridized carbons (Fsp3) is 0.842. The molecule has 0 saturated heterocycles. The van der Waals surface area contributed by atoms with Gasteiger partial charge in [-0.25, -0.2) is 0 Å². The second-order valence-corrected chi connectivity index (χ2v) is 6.60. The van der Waals surface area contributed by atoms with E-state index in [9.17, 15) is 0 Å². The molecule has 0 aromatic rings. The Morgan fingerprint density at radius 3 is 2.17 bits per heavy atom. The van der Waals surface area contributed by atoms with E-state index in [1.165, 1.54) is 57.9 Å². The molecule has 0 aliphatic rings. The van der Waals surface area contributed by atoms with Gasteiger partial charge in [-0.1, -0.05) is 31.8 Å². The molecule has 0 atom stereocenters. The van der Waals surface area contributed by atoms with Crippen molar-refractivity contribution in [3.05, 3.63) is 12.7 Å². The van der Waals surface area contributed by atoms with E-state index in [1.807, 2.05) is 13.1 Å². The minimum absolute atomic E-state index is 1.03. The Morgan fingerprint density at radius 2 is 1.52 bits per heavy atom. The number of aliphatic imine (C=N–C) groups is 1. The monoisotopic (exact) mass is 324 g/mol. The normalized spacial score (nSPS) is 11.8. The maximum atomic E-state index is 4.38. The van der Waals surface area contributed by atoms with Crippen LogP contribution < -0.4 is 5.32 Å². The molecule has 0 aromatic heterocycles. The maximum absolute atomic E-state index is 4.38. The van der Waals surface area contributed by atoms with E-state index in [4.69, 9.17) is 0 Å². The van der Waals surface area contributed by atoms with Gasteiger partial charge >= 0.3 is 0 Å². The molecular formula is C19H40N4. The molecule has 0 radical (unpaired) electrons. The fourth-order valence-corrected chi connectivity index (χ4v) is 2.59. The molecule has 0 heterocycles. The molecule has 0 saturated carbocycles. The lowest BCUT2D eigenvalue weighted by Crippen LogP contribution is -2.39. The molecule has 136 valence electrons. The molecule has 0 spiro atoms. The Kier molecular flexibility index (Phi) is 15.1. The van der Waals surface area contributed by atoms with Crippen LogP contribution in [0, 0.1) is 0 Å². The summed E-state index contributed by atoms with van der Waals surface area (Å²) in [5, 5.41) is 3.48. The third kappa shape index (κ3) is 14.3. The minimum atomic E-state index is 1.03. The molecule has 0 rings (SSSR count). The zero-order valence-corrected chi connectivity index (χ0v) is 16.1. The van der Waals surface area contributed by atoms with Gasteiger partial charge in [-0.05, 0) is 52.7 Å². The predicted octanol–water partition coefficient (Wildman–Crippen LogP) is 3.75. The van der Waals surface area contributed by atoms with Crippen molar-refractivity contribution in [3.63, 3.8) is 0 Å². The molecule has 4 heteroatoms. The van der Waals surface area contributed by atoms with E-state index in [-0.39, 0.29) is 0 Å². The standard InChI is InChI=1S/C19H40N4/c1-6-7-8-11-15-18-23(5)19(20-2)21-16-13-10-9-12-14-17-22(3)4/h6H,1,7-18H2,2-5H3,(H,20,21). The molecule has 0 amide bonds. The zero-order valence-electron chi connectivity index (χ0n) is 16.1. The molecule has 0 fully saturated rings. The van der Waals surface area contributed by atoms with Crippen LogP contribution >= 0.6 is 0 Å². The van der Waals surface area contributed by atoms with Gasteiger partial charge in [0.25, 0.3) is 0 Å². The highest BCUT2D eigenvalue weighted by Crippen LogP contribution is 2.04. The molecule has 23 heavy (non-hydrogen) atoms. The summed E-state index contributed by atoms with van der Waals surface area (Å²) in [5.74, 6) is 1.03. The van der Waals surface area contributed by atoms with Gasteiger partial charge in [-0.15, -0.1) is 6.58 Å². The van der Waals surface area contributed by atoms with Crippen molar-refractivity contribution in [2.75, 3.05) is 47.8 Å². The van der Waals surface area contributed by atoms with Gasteiger partial charge in [0.15, 0.2) is 5.96 Å². The summed E-state index contributed by atoms with van der Waals surface area (Å²) in [6, 6.07) is 0. The van der Waals surface area contributed by atoms with Crippen LogP contribution in [-0.4, -0.2) is 63.6 Å².